The largest absolute Gasteiger partial charge is 0.372 e. The number of nitrogens with one attached hydrogen (secondary N) is 3. The summed E-state index contributed by atoms with van der Waals surface area (Å²) >= 11 is 0. The molecule has 2 aromatic heterocycles. The number of hydrogen-bond donors (Lipinski definition) is 3. The molecule has 5 aromatic rings. The van der Waals surface area contributed by atoms with Crippen molar-refractivity contribution in [1.82, 2.24) is 34.9 Å². The van der Waals surface area contributed by atoms with Crippen molar-refractivity contribution < 1.29 is 9.59 Å². The van der Waals surface area contributed by atoms with E-state index in [2.05, 4.69) is 93.1 Å². The third-order valence-corrected chi connectivity index (χ3v) is 11.9. The maximum Gasteiger partial charge on any atom is 0.255 e. The molecule has 3 N–H and O–H groups in total. The van der Waals surface area contributed by atoms with Gasteiger partial charge in [-0.15, -0.1) is 0 Å². The molecule has 1 atom stereocenters. The maximum absolute atomic E-state index is 13.2. The second kappa shape index (κ2) is 14.1. The van der Waals surface area contributed by atoms with E-state index in [0.717, 1.165) is 115 Å². The number of piperidine rings is 2. The Morgan fingerprint density at radius 1 is 0.889 bits per heavy atom. The molecule has 0 bridgehead atoms. The van der Waals surface area contributed by atoms with Crippen LogP contribution in [0.25, 0.3) is 11.0 Å². The van der Waals surface area contributed by atoms with Crippen molar-refractivity contribution in [1.29, 1.82) is 0 Å². The van der Waals surface area contributed by atoms with E-state index in [0.29, 0.717) is 25.0 Å². The number of nitrogens with zero attached hydrogens (tertiary/aromatic N) is 7. The lowest BCUT2D eigenvalue weighted by Crippen LogP contribution is -2.50. The molecular weight excluding hydrogens is 677 g/mol. The standard InChI is InChI=1S/C42H48N10O2/c1-26-6-4-7-27(2)37(26)46-38-35-22-44-42(47-39(35)49(3)48-38)45-32-10-9-29-15-17-50(24-30(29)20-32)23-28-13-18-51(19-14-28)33-11-12-34-31(21-33)25-52(41(34)54)36-8-5-16-43-40(36)53/h4,6-7,9-12,20-22,28,36H,5,8,13-19,23-25H2,1-3H3,(H,43,53)(H,46,48)(H,44,45,47). The summed E-state index contributed by atoms with van der Waals surface area (Å²) in [6.45, 7) is 10.5. The summed E-state index contributed by atoms with van der Waals surface area (Å²) in [6, 6.07) is 18.8. The number of carbonyl (C=O) groups is 2. The molecule has 1 unspecified atom stereocenters. The van der Waals surface area contributed by atoms with Gasteiger partial charge in [-0.3, -0.25) is 14.5 Å². The Balaban J connectivity index is 0.806. The summed E-state index contributed by atoms with van der Waals surface area (Å²) < 4.78 is 1.80. The molecule has 12 heteroatoms. The minimum absolute atomic E-state index is 0.0149. The van der Waals surface area contributed by atoms with Crippen molar-refractivity contribution >= 4 is 51.7 Å². The van der Waals surface area contributed by atoms with Gasteiger partial charge in [0.05, 0.1) is 5.39 Å². The molecule has 4 aliphatic heterocycles. The molecule has 4 aliphatic rings. The quantitative estimate of drug-likeness (QED) is 0.178. The van der Waals surface area contributed by atoms with E-state index in [1.165, 1.54) is 16.8 Å². The van der Waals surface area contributed by atoms with E-state index in [-0.39, 0.29) is 17.9 Å². The molecule has 2 fully saturated rings. The number of aromatic nitrogens is 4. The van der Waals surface area contributed by atoms with Gasteiger partial charge in [-0.1, -0.05) is 24.3 Å². The Morgan fingerprint density at radius 3 is 2.54 bits per heavy atom. The molecule has 278 valence electrons. The SMILES string of the molecule is Cc1cccc(C)c1Nc1nn(C)c2nc(Nc3ccc4c(c3)CN(CC3CCN(c5ccc6c(c5)CN(C5CCCNC5=O)C6=O)CC3)CC4)ncc12. The van der Waals surface area contributed by atoms with Gasteiger partial charge in [0.2, 0.25) is 11.9 Å². The highest BCUT2D eigenvalue weighted by Gasteiger charge is 2.37. The number of amides is 2. The van der Waals surface area contributed by atoms with E-state index in [1.54, 1.807) is 9.58 Å². The van der Waals surface area contributed by atoms with Crippen molar-refractivity contribution in [3.8, 4) is 0 Å². The second-order valence-electron chi connectivity index (χ2n) is 15.5. The Morgan fingerprint density at radius 2 is 1.72 bits per heavy atom. The first-order chi connectivity index (χ1) is 26.3. The first kappa shape index (κ1) is 34.3. The van der Waals surface area contributed by atoms with E-state index in [9.17, 15) is 9.59 Å². The van der Waals surface area contributed by atoms with E-state index in [1.807, 2.05) is 19.3 Å². The van der Waals surface area contributed by atoms with Crippen LogP contribution in [0.4, 0.5) is 28.8 Å². The van der Waals surface area contributed by atoms with Crippen LogP contribution in [0.1, 0.15) is 63.9 Å². The number of aryl methyl sites for hydroxylation is 3. The van der Waals surface area contributed by atoms with Crippen LogP contribution in [0.5, 0.6) is 0 Å². The molecular formula is C42H48N10O2. The van der Waals surface area contributed by atoms with Crippen LogP contribution in [0, 0.1) is 19.8 Å². The molecule has 3 aromatic carbocycles. The monoisotopic (exact) mass is 724 g/mol. The van der Waals surface area contributed by atoms with Crippen LogP contribution in [-0.2, 0) is 31.4 Å². The highest BCUT2D eigenvalue weighted by Crippen LogP contribution is 2.34. The minimum Gasteiger partial charge on any atom is -0.372 e. The van der Waals surface area contributed by atoms with Crippen molar-refractivity contribution in [3.05, 3.63) is 94.2 Å². The normalized spacial score (nSPS) is 19.2. The van der Waals surface area contributed by atoms with Crippen molar-refractivity contribution in [2.75, 3.05) is 48.3 Å². The number of para-hydroxylation sites is 1. The molecule has 0 saturated carbocycles. The summed E-state index contributed by atoms with van der Waals surface area (Å²) in [5, 5.41) is 15.5. The first-order valence-corrected chi connectivity index (χ1v) is 19.4. The molecule has 0 spiro atoms. The third kappa shape index (κ3) is 6.52. The number of carbonyl (C=O) groups excluding carboxylic acids is 2. The molecule has 2 saturated heterocycles. The topological polar surface area (TPSA) is 124 Å². The van der Waals surface area contributed by atoms with Gasteiger partial charge < -0.3 is 25.8 Å². The van der Waals surface area contributed by atoms with E-state index in [4.69, 9.17) is 10.1 Å². The number of fused-ring (bicyclic) bond motifs is 3. The summed E-state index contributed by atoms with van der Waals surface area (Å²) in [5.41, 5.74) is 10.9. The van der Waals surface area contributed by atoms with Gasteiger partial charge in [0, 0.05) is 81.7 Å². The third-order valence-electron chi connectivity index (χ3n) is 11.9. The summed E-state index contributed by atoms with van der Waals surface area (Å²) in [7, 11) is 1.91. The number of hydrogen-bond acceptors (Lipinski definition) is 9. The summed E-state index contributed by atoms with van der Waals surface area (Å²) in [5.74, 6) is 1.90. The average Bonchev–Trinajstić information content (AvgIpc) is 3.67. The molecule has 9 rings (SSSR count). The van der Waals surface area contributed by atoms with E-state index < -0.39 is 0 Å². The van der Waals surface area contributed by atoms with Crippen LogP contribution in [0.3, 0.4) is 0 Å². The maximum atomic E-state index is 13.2. The lowest BCUT2D eigenvalue weighted by molar-refractivity contribution is -0.127. The van der Waals surface area contributed by atoms with Gasteiger partial charge >= 0.3 is 0 Å². The van der Waals surface area contributed by atoms with Gasteiger partial charge in [-0.05, 0) is 110 Å². The van der Waals surface area contributed by atoms with Gasteiger partial charge in [0.15, 0.2) is 11.5 Å². The minimum atomic E-state index is -0.356. The van der Waals surface area contributed by atoms with Crippen LogP contribution >= 0.6 is 0 Å². The molecule has 0 aliphatic carbocycles. The summed E-state index contributed by atoms with van der Waals surface area (Å²) in [4.78, 5) is 42.0. The lowest BCUT2D eigenvalue weighted by atomic mass is 9.93. The van der Waals surface area contributed by atoms with Crippen molar-refractivity contribution in [2.24, 2.45) is 13.0 Å². The predicted molar refractivity (Wildman–Crippen MR) is 211 cm³/mol. The van der Waals surface area contributed by atoms with Crippen LogP contribution < -0.4 is 20.9 Å². The highest BCUT2D eigenvalue weighted by atomic mass is 16.2. The zero-order valence-corrected chi connectivity index (χ0v) is 31.4. The summed E-state index contributed by atoms with van der Waals surface area (Å²) in [6.07, 6.45) is 6.83. The molecule has 0 radical (unpaired) electrons. The molecule has 12 nitrogen and oxygen atoms in total. The highest BCUT2D eigenvalue weighted by molar-refractivity contribution is 6.01. The van der Waals surface area contributed by atoms with Crippen molar-refractivity contribution in [3.63, 3.8) is 0 Å². The number of anilines is 5. The average molecular weight is 725 g/mol. The van der Waals surface area contributed by atoms with Gasteiger partial charge in [0.25, 0.3) is 5.91 Å². The molecule has 2 amide bonds. The van der Waals surface area contributed by atoms with Gasteiger partial charge in [0.1, 0.15) is 6.04 Å². The van der Waals surface area contributed by atoms with E-state index >= 15 is 0 Å². The zero-order valence-electron chi connectivity index (χ0n) is 31.4. The smallest absolute Gasteiger partial charge is 0.255 e. The van der Waals surface area contributed by atoms with Crippen LogP contribution in [0.15, 0.2) is 60.8 Å². The van der Waals surface area contributed by atoms with Crippen molar-refractivity contribution in [2.45, 2.75) is 65.1 Å². The molecule has 6 heterocycles. The van der Waals surface area contributed by atoms with Crippen LogP contribution in [0.2, 0.25) is 0 Å². The Bertz CT molecular complexity index is 2240. The Labute approximate surface area is 315 Å². The predicted octanol–water partition coefficient (Wildman–Crippen LogP) is 5.98. The first-order valence-electron chi connectivity index (χ1n) is 19.4. The Hall–Kier alpha value is -5.49. The second-order valence-corrected chi connectivity index (χ2v) is 15.5. The zero-order chi connectivity index (χ0) is 36.9. The fraction of sp³-hybridized carbons (Fsp3) is 0.405. The molecule has 54 heavy (non-hydrogen) atoms. The fourth-order valence-electron chi connectivity index (χ4n) is 8.87. The fourth-order valence-corrected chi connectivity index (χ4v) is 8.87. The van der Waals surface area contributed by atoms with Crippen LogP contribution in [-0.4, -0.2) is 80.1 Å². The Kier molecular flexibility index (Phi) is 8.92. The van der Waals surface area contributed by atoms with Gasteiger partial charge in [-0.2, -0.15) is 10.1 Å². The van der Waals surface area contributed by atoms with Gasteiger partial charge in [-0.25, -0.2) is 9.67 Å². The lowest BCUT2D eigenvalue weighted by Gasteiger charge is -2.37. The number of rotatable bonds is 8. The number of benzene rings is 3.